The van der Waals surface area contributed by atoms with Gasteiger partial charge in [0.1, 0.15) is 5.82 Å². The lowest BCUT2D eigenvalue weighted by molar-refractivity contribution is -0.133. The highest BCUT2D eigenvalue weighted by Crippen LogP contribution is 2.29. The van der Waals surface area contributed by atoms with Crippen LogP contribution in [0.5, 0.6) is 0 Å². The minimum absolute atomic E-state index is 0.0675. The molecule has 0 spiro atoms. The van der Waals surface area contributed by atoms with Crippen LogP contribution >= 0.6 is 0 Å². The van der Waals surface area contributed by atoms with Gasteiger partial charge in [0.15, 0.2) is 0 Å². The van der Waals surface area contributed by atoms with Gasteiger partial charge in [-0.05, 0) is 38.0 Å². The van der Waals surface area contributed by atoms with Gasteiger partial charge in [-0.15, -0.1) is 0 Å². The van der Waals surface area contributed by atoms with E-state index in [1.54, 1.807) is 17.0 Å². The highest BCUT2D eigenvalue weighted by atomic mass is 19.1. The highest BCUT2D eigenvalue weighted by Gasteiger charge is 2.40. The third-order valence-corrected chi connectivity index (χ3v) is 3.40. The number of likely N-dealkylation sites (tertiary alicyclic amines) is 1. The molecule has 0 aromatic heterocycles. The van der Waals surface area contributed by atoms with Crippen LogP contribution in [0, 0.1) is 5.82 Å². The Balaban J connectivity index is 2.09. The van der Waals surface area contributed by atoms with Crippen molar-refractivity contribution in [3.05, 3.63) is 35.6 Å². The molecule has 1 aromatic rings. The SMILES string of the molecule is CC1(C)CC(O)CN1C(=O)Cc1cccc(F)c1. The predicted octanol–water partition coefficient (Wildman–Crippen LogP) is 1.74. The monoisotopic (exact) mass is 251 g/mol. The van der Waals surface area contributed by atoms with Gasteiger partial charge in [-0.2, -0.15) is 0 Å². The Morgan fingerprint density at radius 3 is 2.83 bits per heavy atom. The maximum absolute atomic E-state index is 13.0. The smallest absolute Gasteiger partial charge is 0.227 e. The summed E-state index contributed by atoms with van der Waals surface area (Å²) in [6.07, 6.45) is 0.298. The Kier molecular flexibility index (Phi) is 3.39. The van der Waals surface area contributed by atoms with E-state index in [9.17, 15) is 14.3 Å². The molecule has 98 valence electrons. The fourth-order valence-electron chi connectivity index (χ4n) is 2.57. The number of halogens is 1. The van der Waals surface area contributed by atoms with E-state index in [0.717, 1.165) is 0 Å². The van der Waals surface area contributed by atoms with E-state index >= 15 is 0 Å². The average Bonchev–Trinajstić information content (AvgIpc) is 2.51. The zero-order valence-electron chi connectivity index (χ0n) is 10.7. The number of benzene rings is 1. The zero-order valence-corrected chi connectivity index (χ0v) is 10.7. The molecule has 0 aliphatic carbocycles. The summed E-state index contributed by atoms with van der Waals surface area (Å²) in [6.45, 7) is 4.24. The maximum atomic E-state index is 13.0. The molecule has 3 nitrogen and oxygen atoms in total. The summed E-state index contributed by atoms with van der Waals surface area (Å²) in [5.74, 6) is -0.400. The largest absolute Gasteiger partial charge is 0.391 e. The second-order valence-electron chi connectivity index (χ2n) is 5.48. The third kappa shape index (κ3) is 2.70. The van der Waals surface area contributed by atoms with Crippen LogP contribution in [-0.4, -0.2) is 34.1 Å². The standard InChI is InChI=1S/C14H18FNO2/c1-14(2)8-12(17)9-16(14)13(18)7-10-4-3-5-11(15)6-10/h3-6,12,17H,7-9H2,1-2H3. The number of carbonyl (C=O) groups is 1. The first kappa shape index (κ1) is 13.0. The number of nitrogens with zero attached hydrogens (tertiary/aromatic N) is 1. The van der Waals surface area contributed by atoms with Gasteiger partial charge in [-0.25, -0.2) is 4.39 Å². The fourth-order valence-corrected chi connectivity index (χ4v) is 2.57. The van der Waals surface area contributed by atoms with E-state index in [2.05, 4.69) is 0 Å². The molecule has 1 aromatic carbocycles. The van der Waals surface area contributed by atoms with Gasteiger partial charge in [0.25, 0.3) is 0 Å². The number of hydrogen-bond donors (Lipinski definition) is 1. The van der Waals surface area contributed by atoms with Crippen molar-refractivity contribution in [3.63, 3.8) is 0 Å². The summed E-state index contributed by atoms with van der Waals surface area (Å²) in [5.41, 5.74) is 0.335. The predicted molar refractivity (Wildman–Crippen MR) is 66.5 cm³/mol. The third-order valence-electron chi connectivity index (χ3n) is 3.40. The molecule has 1 fully saturated rings. The van der Waals surface area contributed by atoms with Crippen LogP contribution in [0.15, 0.2) is 24.3 Å². The second kappa shape index (κ2) is 4.69. The topological polar surface area (TPSA) is 40.5 Å². The molecule has 1 N–H and O–H groups in total. The summed E-state index contributed by atoms with van der Waals surface area (Å²) in [7, 11) is 0. The van der Waals surface area contributed by atoms with Gasteiger partial charge >= 0.3 is 0 Å². The average molecular weight is 251 g/mol. The van der Waals surface area contributed by atoms with E-state index in [0.29, 0.717) is 18.5 Å². The molecular formula is C14H18FNO2. The van der Waals surface area contributed by atoms with E-state index in [-0.39, 0.29) is 23.7 Å². The molecule has 1 heterocycles. The van der Waals surface area contributed by atoms with Crippen molar-refractivity contribution in [3.8, 4) is 0 Å². The molecule has 1 saturated heterocycles. The number of aliphatic hydroxyl groups excluding tert-OH is 1. The van der Waals surface area contributed by atoms with Crippen molar-refractivity contribution < 1.29 is 14.3 Å². The van der Waals surface area contributed by atoms with Crippen molar-refractivity contribution in [2.75, 3.05) is 6.54 Å². The first-order valence-corrected chi connectivity index (χ1v) is 6.11. The van der Waals surface area contributed by atoms with Crippen LogP contribution in [0.25, 0.3) is 0 Å². The number of β-amino-alcohol motifs (C(OH)–C–C–N with tert-alkyl or cyclic N) is 1. The van der Waals surface area contributed by atoms with Crippen LogP contribution in [0.2, 0.25) is 0 Å². The van der Waals surface area contributed by atoms with Gasteiger partial charge < -0.3 is 10.0 Å². The van der Waals surface area contributed by atoms with Gasteiger partial charge in [-0.3, -0.25) is 4.79 Å². The number of amides is 1. The highest BCUT2D eigenvalue weighted by molar-refractivity contribution is 5.80. The van der Waals surface area contributed by atoms with Gasteiger partial charge in [0, 0.05) is 12.1 Å². The summed E-state index contributed by atoms with van der Waals surface area (Å²) in [5, 5.41) is 9.64. The lowest BCUT2D eigenvalue weighted by Crippen LogP contribution is -2.43. The maximum Gasteiger partial charge on any atom is 0.227 e. The molecule has 0 bridgehead atoms. The van der Waals surface area contributed by atoms with E-state index in [1.165, 1.54) is 12.1 Å². The van der Waals surface area contributed by atoms with Gasteiger partial charge in [0.2, 0.25) is 5.91 Å². The Morgan fingerprint density at radius 2 is 2.28 bits per heavy atom. The molecule has 1 amide bonds. The Bertz CT molecular complexity index is 459. The molecule has 2 rings (SSSR count). The van der Waals surface area contributed by atoms with Crippen molar-refractivity contribution >= 4 is 5.91 Å². The second-order valence-corrected chi connectivity index (χ2v) is 5.48. The molecule has 4 heteroatoms. The van der Waals surface area contributed by atoms with Crippen molar-refractivity contribution in [1.29, 1.82) is 0 Å². The zero-order chi connectivity index (χ0) is 13.3. The van der Waals surface area contributed by atoms with Crippen LogP contribution in [-0.2, 0) is 11.2 Å². The normalized spacial score (nSPS) is 22.2. The summed E-state index contributed by atoms with van der Waals surface area (Å²) >= 11 is 0. The van der Waals surface area contributed by atoms with Crippen molar-refractivity contribution in [2.24, 2.45) is 0 Å². The quantitative estimate of drug-likeness (QED) is 0.869. The summed E-state index contributed by atoms with van der Waals surface area (Å²) < 4.78 is 13.0. The van der Waals surface area contributed by atoms with E-state index in [4.69, 9.17) is 0 Å². The first-order valence-electron chi connectivity index (χ1n) is 6.11. The minimum atomic E-state index is -0.462. The fraction of sp³-hybridized carbons (Fsp3) is 0.500. The molecule has 1 aliphatic heterocycles. The molecule has 1 atom stereocenters. The summed E-state index contributed by atoms with van der Waals surface area (Å²) in [6, 6.07) is 6.07. The Labute approximate surface area is 106 Å². The van der Waals surface area contributed by atoms with E-state index in [1.807, 2.05) is 13.8 Å². The molecule has 0 saturated carbocycles. The molecule has 0 radical (unpaired) electrons. The number of carbonyl (C=O) groups excluding carboxylic acids is 1. The molecule has 1 unspecified atom stereocenters. The van der Waals surface area contributed by atoms with Crippen LogP contribution < -0.4 is 0 Å². The Hall–Kier alpha value is -1.42. The minimum Gasteiger partial charge on any atom is -0.391 e. The van der Waals surface area contributed by atoms with Crippen molar-refractivity contribution in [1.82, 2.24) is 4.90 Å². The number of aliphatic hydroxyl groups is 1. The van der Waals surface area contributed by atoms with Crippen LogP contribution in [0.4, 0.5) is 4.39 Å². The first-order chi connectivity index (χ1) is 8.38. The van der Waals surface area contributed by atoms with Crippen LogP contribution in [0.3, 0.4) is 0 Å². The molecule has 1 aliphatic rings. The van der Waals surface area contributed by atoms with E-state index < -0.39 is 6.10 Å². The molecule has 18 heavy (non-hydrogen) atoms. The van der Waals surface area contributed by atoms with Gasteiger partial charge in [0.05, 0.1) is 12.5 Å². The van der Waals surface area contributed by atoms with Gasteiger partial charge in [-0.1, -0.05) is 12.1 Å². The molecular weight excluding hydrogens is 233 g/mol. The van der Waals surface area contributed by atoms with Crippen molar-refractivity contribution in [2.45, 2.75) is 38.3 Å². The number of rotatable bonds is 2. The lowest BCUT2D eigenvalue weighted by atomic mass is 10.0. The Morgan fingerprint density at radius 1 is 1.56 bits per heavy atom. The summed E-state index contributed by atoms with van der Waals surface area (Å²) in [4.78, 5) is 13.9. The lowest BCUT2D eigenvalue weighted by Gasteiger charge is -2.31. The van der Waals surface area contributed by atoms with Crippen LogP contribution in [0.1, 0.15) is 25.8 Å². The number of hydrogen-bond acceptors (Lipinski definition) is 2.